The number of ether oxygens (including phenoxy) is 2. The fraction of sp³-hybridized carbons (Fsp3) is 0.158. The molecule has 0 aliphatic heterocycles. The van der Waals surface area contributed by atoms with Crippen molar-refractivity contribution in [3.8, 4) is 22.8 Å². The molecule has 0 saturated heterocycles. The highest BCUT2D eigenvalue weighted by Gasteiger charge is 2.20. The van der Waals surface area contributed by atoms with Crippen molar-refractivity contribution < 1.29 is 23.8 Å². The van der Waals surface area contributed by atoms with Gasteiger partial charge in [0.15, 0.2) is 5.76 Å². The summed E-state index contributed by atoms with van der Waals surface area (Å²) < 4.78 is 16.3. The monoisotopic (exact) mass is 373 g/mol. The van der Waals surface area contributed by atoms with E-state index < -0.39 is 17.5 Å². The normalized spacial score (nSPS) is 12.0. The predicted octanol–water partition coefficient (Wildman–Crippen LogP) is 2.64. The van der Waals surface area contributed by atoms with Crippen LogP contribution in [0.4, 0.5) is 0 Å². The maximum absolute atomic E-state index is 12.9. The van der Waals surface area contributed by atoms with Crippen LogP contribution in [0.2, 0.25) is 5.02 Å². The van der Waals surface area contributed by atoms with Crippen LogP contribution < -0.4 is 20.0 Å². The number of carboxylic acid groups (broad SMARTS) is 1. The third kappa shape index (κ3) is 3.36. The third-order valence-electron chi connectivity index (χ3n) is 3.79. The third-order valence-corrected chi connectivity index (χ3v) is 4.02. The molecule has 134 valence electrons. The maximum Gasteiger partial charge on any atom is 0.235 e. The molecule has 0 spiro atoms. The van der Waals surface area contributed by atoms with Gasteiger partial charge in [0.05, 0.1) is 18.5 Å². The van der Waals surface area contributed by atoms with Crippen molar-refractivity contribution >= 4 is 28.5 Å². The minimum atomic E-state index is -1.45. The van der Waals surface area contributed by atoms with Gasteiger partial charge in [0, 0.05) is 10.6 Å². The van der Waals surface area contributed by atoms with Crippen LogP contribution >= 0.6 is 11.6 Å². The number of aliphatic carboxylic acids is 1. The van der Waals surface area contributed by atoms with Gasteiger partial charge in [-0.15, -0.1) is 0 Å². The van der Waals surface area contributed by atoms with Crippen molar-refractivity contribution in [1.29, 1.82) is 0 Å². The van der Waals surface area contributed by atoms with Gasteiger partial charge in [-0.25, -0.2) is 0 Å². The lowest BCUT2D eigenvalue weighted by atomic mass is 10.1. The van der Waals surface area contributed by atoms with Gasteiger partial charge in [0.1, 0.15) is 17.4 Å². The molecule has 0 unspecified atom stereocenters. The number of carbonyl (C=O) groups excluding carboxylic acids is 1. The summed E-state index contributed by atoms with van der Waals surface area (Å²) in [6.07, 6.45) is -1.34. The predicted molar refractivity (Wildman–Crippen MR) is 94.6 cm³/mol. The average Bonchev–Trinajstić information content (AvgIpc) is 2.64. The van der Waals surface area contributed by atoms with Gasteiger partial charge in [-0.1, -0.05) is 11.6 Å². The van der Waals surface area contributed by atoms with Crippen molar-refractivity contribution in [2.24, 2.45) is 0 Å². The highest BCUT2D eigenvalue weighted by atomic mass is 35.5. The molecule has 1 aromatic heterocycles. The second kappa shape index (κ2) is 7.09. The summed E-state index contributed by atoms with van der Waals surface area (Å²) in [7, 11) is 1.53. The first-order valence-corrected chi connectivity index (χ1v) is 8.07. The largest absolute Gasteiger partial charge is 0.546 e. The molecule has 0 radical (unpaired) electrons. The molecule has 0 saturated carbocycles. The van der Waals surface area contributed by atoms with Crippen LogP contribution in [-0.4, -0.2) is 19.2 Å². The van der Waals surface area contributed by atoms with Crippen LogP contribution in [0.15, 0.2) is 51.7 Å². The summed E-state index contributed by atoms with van der Waals surface area (Å²) in [5.74, 6) is -0.937. The van der Waals surface area contributed by atoms with E-state index in [-0.39, 0.29) is 16.9 Å². The molecule has 3 aromatic rings. The molecular weight excluding hydrogens is 360 g/mol. The van der Waals surface area contributed by atoms with Crippen LogP contribution in [0, 0.1) is 0 Å². The van der Waals surface area contributed by atoms with Gasteiger partial charge in [0.2, 0.25) is 11.2 Å². The molecule has 0 amide bonds. The number of hydrogen-bond acceptors (Lipinski definition) is 6. The second-order valence-corrected chi connectivity index (χ2v) is 5.97. The van der Waals surface area contributed by atoms with Gasteiger partial charge < -0.3 is 23.8 Å². The Labute approximate surface area is 153 Å². The van der Waals surface area contributed by atoms with Crippen LogP contribution in [0.25, 0.3) is 22.3 Å². The molecule has 3 rings (SSSR count). The van der Waals surface area contributed by atoms with Crippen molar-refractivity contribution in [3.63, 3.8) is 0 Å². The zero-order valence-corrected chi connectivity index (χ0v) is 14.7. The molecule has 26 heavy (non-hydrogen) atoms. The Morgan fingerprint density at radius 3 is 2.50 bits per heavy atom. The Hall–Kier alpha value is -2.99. The van der Waals surface area contributed by atoms with Crippen molar-refractivity contribution in [2.45, 2.75) is 13.0 Å². The molecule has 2 aromatic carbocycles. The molecule has 0 N–H and O–H groups in total. The zero-order valence-electron chi connectivity index (χ0n) is 13.9. The Kier molecular flexibility index (Phi) is 4.86. The topological polar surface area (TPSA) is 88.8 Å². The fourth-order valence-corrected chi connectivity index (χ4v) is 2.59. The molecule has 0 bridgehead atoms. The smallest absolute Gasteiger partial charge is 0.235 e. The number of benzene rings is 2. The first-order valence-electron chi connectivity index (χ1n) is 7.69. The SMILES string of the molecule is COc1ccc(-c2oc3ccc(Cl)cc3c(=O)c2O[C@@H](C)C(=O)[O-])cc1. The number of rotatable bonds is 5. The summed E-state index contributed by atoms with van der Waals surface area (Å²) in [6, 6.07) is 11.3. The summed E-state index contributed by atoms with van der Waals surface area (Å²) in [6.45, 7) is 1.27. The second-order valence-electron chi connectivity index (χ2n) is 5.54. The standard InChI is InChI=1S/C19H15ClO6/c1-10(19(22)23)25-18-16(21)14-9-12(20)5-8-15(14)26-17(18)11-3-6-13(24-2)7-4-11/h3-10H,1-2H3,(H,22,23)/p-1/t10-/m0/s1. The van der Waals surface area contributed by atoms with Gasteiger partial charge in [-0.2, -0.15) is 0 Å². The van der Waals surface area contributed by atoms with E-state index in [4.69, 9.17) is 25.5 Å². The van der Waals surface area contributed by atoms with Crippen molar-refractivity contribution in [3.05, 3.63) is 57.7 Å². The van der Waals surface area contributed by atoms with Crippen LogP contribution in [0.3, 0.4) is 0 Å². The molecule has 1 atom stereocenters. The summed E-state index contributed by atoms with van der Waals surface area (Å²) in [5.41, 5.74) is 0.312. The lowest BCUT2D eigenvalue weighted by Gasteiger charge is -2.17. The molecular formula is C19H14ClO6-. The number of halogens is 1. The van der Waals surface area contributed by atoms with E-state index in [1.165, 1.54) is 20.1 Å². The summed E-state index contributed by atoms with van der Waals surface area (Å²) in [5, 5.41) is 11.6. The quantitative estimate of drug-likeness (QED) is 0.683. The zero-order chi connectivity index (χ0) is 18.8. The fourth-order valence-electron chi connectivity index (χ4n) is 2.41. The first kappa shape index (κ1) is 17.8. The van der Waals surface area contributed by atoms with E-state index in [2.05, 4.69) is 0 Å². The Morgan fingerprint density at radius 2 is 1.88 bits per heavy atom. The van der Waals surface area contributed by atoms with Crippen molar-refractivity contribution in [2.75, 3.05) is 7.11 Å². The molecule has 6 nitrogen and oxygen atoms in total. The lowest BCUT2D eigenvalue weighted by Crippen LogP contribution is -2.38. The summed E-state index contributed by atoms with van der Waals surface area (Å²) >= 11 is 5.95. The van der Waals surface area contributed by atoms with Gasteiger partial charge in [-0.3, -0.25) is 4.79 Å². The maximum atomic E-state index is 12.9. The molecule has 0 aliphatic rings. The van der Waals surface area contributed by atoms with E-state index in [1.54, 1.807) is 36.4 Å². The average molecular weight is 374 g/mol. The van der Waals surface area contributed by atoms with E-state index in [1.807, 2.05) is 0 Å². The summed E-state index contributed by atoms with van der Waals surface area (Å²) in [4.78, 5) is 23.9. The number of hydrogen-bond donors (Lipinski definition) is 0. The van der Waals surface area contributed by atoms with Gasteiger partial charge in [-0.05, 0) is 49.4 Å². The number of methoxy groups -OCH3 is 1. The van der Waals surface area contributed by atoms with Crippen LogP contribution in [0.5, 0.6) is 11.5 Å². The lowest BCUT2D eigenvalue weighted by molar-refractivity contribution is -0.312. The van der Waals surface area contributed by atoms with E-state index in [0.29, 0.717) is 21.9 Å². The Morgan fingerprint density at radius 1 is 1.19 bits per heavy atom. The number of carboxylic acids is 1. The van der Waals surface area contributed by atoms with E-state index in [9.17, 15) is 14.7 Å². The molecule has 7 heteroatoms. The number of fused-ring (bicyclic) bond motifs is 1. The molecule has 0 aliphatic carbocycles. The Bertz CT molecular complexity index is 1020. The van der Waals surface area contributed by atoms with Gasteiger partial charge in [0.25, 0.3) is 0 Å². The van der Waals surface area contributed by atoms with E-state index in [0.717, 1.165) is 0 Å². The van der Waals surface area contributed by atoms with Crippen LogP contribution in [-0.2, 0) is 4.79 Å². The van der Waals surface area contributed by atoms with Gasteiger partial charge >= 0.3 is 0 Å². The Balaban J connectivity index is 2.25. The van der Waals surface area contributed by atoms with Crippen LogP contribution in [0.1, 0.15) is 6.92 Å². The minimum absolute atomic E-state index is 0.112. The number of carbonyl (C=O) groups is 1. The first-order chi connectivity index (χ1) is 12.4. The minimum Gasteiger partial charge on any atom is -0.546 e. The molecule has 0 fully saturated rings. The van der Waals surface area contributed by atoms with Crippen molar-refractivity contribution in [1.82, 2.24) is 0 Å². The molecule has 1 heterocycles. The highest BCUT2D eigenvalue weighted by molar-refractivity contribution is 6.31. The highest BCUT2D eigenvalue weighted by Crippen LogP contribution is 2.33. The van der Waals surface area contributed by atoms with E-state index >= 15 is 0 Å².